The van der Waals surface area contributed by atoms with E-state index in [-0.39, 0.29) is 24.7 Å². The van der Waals surface area contributed by atoms with Crippen molar-refractivity contribution in [3.8, 4) is 0 Å². The van der Waals surface area contributed by atoms with Gasteiger partial charge in [-0.15, -0.1) is 0 Å². The van der Waals surface area contributed by atoms with Gasteiger partial charge in [-0.2, -0.15) is 0 Å². The summed E-state index contributed by atoms with van der Waals surface area (Å²) in [4.78, 5) is 33.7. The lowest BCUT2D eigenvalue weighted by Gasteiger charge is -2.33. The van der Waals surface area contributed by atoms with Gasteiger partial charge in [-0.3, -0.25) is 24.3 Å². The van der Waals surface area contributed by atoms with Crippen molar-refractivity contribution in [3.05, 3.63) is 38.8 Å². The second-order valence-electron chi connectivity index (χ2n) is 5.44. The molecule has 1 rings (SSSR count). The van der Waals surface area contributed by atoms with Crippen LogP contribution in [0.2, 0.25) is 0 Å². The van der Waals surface area contributed by atoms with E-state index < -0.39 is 21.9 Å². The number of pyridine rings is 1. The third kappa shape index (κ3) is 4.12. The minimum absolute atomic E-state index is 0.105. The molecule has 1 amide bonds. The molecule has 0 radical (unpaired) electrons. The highest BCUT2D eigenvalue weighted by Gasteiger charge is 2.28. The molecule has 1 atom stereocenters. The maximum absolute atomic E-state index is 12.0. The van der Waals surface area contributed by atoms with Gasteiger partial charge in [0.25, 0.3) is 11.2 Å². The van der Waals surface area contributed by atoms with Crippen LogP contribution in [0.25, 0.3) is 0 Å². The van der Waals surface area contributed by atoms with Crippen LogP contribution in [0.1, 0.15) is 20.8 Å². The first-order chi connectivity index (χ1) is 9.69. The molecule has 0 bridgehead atoms. The summed E-state index contributed by atoms with van der Waals surface area (Å²) < 4.78 is 1.00. The average molecular weight is 296 g/mol. The van der Waals surface area contributed by atoms with Crippen LogP contribution in [0.15, 0.2) is 23.1 Å². The van der Waals surface area contributed by atoms with Crippen molar-refractivity contribution >= 4 is 11.6 Å². The van der Waals surface area contributed by atoms with E-state index in [2.05, 4.69) is 5.32 Å². The minimum atomic E-state index is -0.619. The van der Waals surface area contributed by atoms with E-state index in [0.717, 1.165) is 22.9 Å². The maximum atomic E-state index is 12.0. The molecule has 21 heavy (non-hydrogen) atoms. The van der Waals surface area contributed by atoms with E-state index in [4.69, 9.17) is 5.73 Å². The molecule has 1 heterocycles. The predicted molar refractivity (Wildman–Crippen MR) is 77.8 cm³/mol. The number of carbonyl (C=O) groups excluding carboxylic acids is 1. The smallest absolute Gasteiger partial charge is 0.285 e. The zero-order valence-corrected chi connectivity index (χ0v) is 12.3. The van der Waals surface area contributed by atoms with Gasteiger partial charge in [0.15, 0.2) is 0 Å². The van der Waals surface area contributed by atoms with Crippen molar-refractivity contribution in [2.75, 3.05) is 6.54 Å². The molecule has 0 fully saturated rings. The Balaban J connectivity index is 2.91. The number of nitrogens with one attached hydrogen (secondary N) is 1. The van der Waals surface area contributed by atoms with E-state index in [1.807, 2.05) is 20.8 Å². The van der Waals surface area contributed by atoms with E-state index in [0.29, 0.717) is 0 Å². The highest BCUT2D eigenvalue weighted by atomic mass is 16.6. The number of hydrogen-bond donors (Lipinski definition) is 2. The third-order valence-electron chi connectivity index (χ3n) is 3.62. The number of nitrogens with zero attached hydrogens (tertiary/aromatic N) is 2. The van der Waals surface area contributed by atoms with Crippen LogP contribution < -0.4 is 16.6 Å². The lowest BCUT2D eigenvalue weighted by Crippen LogP contribution is -2.56. The fraction of sp³-hybridized carbons (Fsp3) is 0.538. The maximum Gasteiger partial charge on any atom is 0.285 e. The molecule has 1 aromatic rings. The Morgan fingerprint density at radius 2 is 2.14 bits per heavy atom. The van der Waals surface area contributed by atoms with Crippen molar-refractivity contribution in [1.29, 1.82) is 0 Å². The van der Waals surface area contributed by atoms with Gasteiger partial charge in [-0.05, 0) is 12.8 Å². The fourth-order valence-electron chi connectivity index (χ4n) is 1.69. The second-order valence-corrected chi connectivity index (χ2v) is 5.44. The van der Waals surface area contributed by atoms with Gasteiger partial charge in [0.1, 0.15) is 6.54 Å². The Bertz CT molecular complexity index is 596. The molecule has 0 saturated carbocycles. The van der Waals surface area contributed by atoms with Crippen molar-refractivity contribution < 1.29 is 9.72 Å². The molecule has 8 heteroatoms. The SMILES string of the molecule is CC(C)C(C)(CN)NC(=O)Cn1cc([N+](=O)[O-])ccc1=O. The highest BCUT2D eigenvalue weighted by Crippen LogP contribution is 2.14. The quantitative estimate of drug-likeness (QED) is 0.575. The lowest BCUT2D eigenvalue weighted by atomic mass is 9.88. The Morgan fingerprint density at radius 1 is 1.52 bits per heavy atom. The number of carbonyl (C=O) groups is 1. The monoisotopic (exact) mass is 296 g/mol. The summed E-state index contributed by atoms with van der Waals surface area (Å²) in [5.74, 6) is -0.312. The van der Waals surface area contributed by atoms with E-state index in [1.54, 1.807) is 0 Å². The predicted octanol–water partition coefficient (Wildman–Crippen LogP) is 0.246. The zero-order chi connectivity index (χ0) is 16.2. The van der Waals surface area contributed by atoms with Crippen molar-refractivity contribution in [1.82, 2.24) is 9.88 Å². The molecule has 0 saturated heterocycles. The van der Waals surface area contributed by atoms with Gasteiger partial charge in [-0.1, -0.05) is 13.8 Å². The van der Waals surface area contributed by atoms with Crippen LogP contribution in [0.4, 0.5) is 5.69 Å². The number of hydrogen-bond acceptors (Lipinski definition) is 5. The number of rotatable bonds is 6. The first-order valence-electron chi connectivity index (χ1n) is 6.55. The van der Waals surface area contributed by atoms with Gasteiger partial charge in [0, 0.05) is 18.7 Å². The third-order valence-corrected chi connectivity index (χ3v) is 3.62. The standard InChI is InChI=1S/C13H20N4O4/c1-9(2)13(3,8-14)15-11(18)7-16-6-10(17(20)21)4-5-12(16)19/h4-6,9H,7-8,14H2,1-3H3,(H,15,18). The average Bonchev–Trinajstić information content (AvgIpc) is 2.40. The van der Waals surface area contributed by atoms with Gasteiger partial charge in [0.2, 0.25) is 5.91 Å². The van der Waals surface area contributed by atoms with E-state index in [1.165, 1.54) is 0 Å². The Kier molecular flexibility index (Phi) is 5.20. The Hall–Kier alpha value is -2.22. The molecule has 0 aliphatic heterocycles. The normalized spacial score (nSPS) is 13.8. The zero-order valence-electron chi connectivity index (χ0n) is 12.3. The largest absolute Gasteiger partial charge is 0.348 e. The molecule has 0 spiro atoms. The summed E-state index contributed by atoms with van der Waals surface area (Å²) in [6.07, 6.45) is 1.05. The molecular formula is C13H20N4O4. The van der Waals surface area contributed by atoms with Crippen LogP contribution in [0.3, 0.4) is 0 Å². The Labute approximate surface area is 122 Å². The molecular weight excluding hydrogens is 276 g/mol. The second kappa shape index (κ2) is 6.49. The topological polar surface area (TPSA) is 120 Å². The van der Waals surface area contributed by atoms with Crippen LogP contribution in [0.5, 0.6) is 0 Å². The first kappa shape index (κ1) is 16.8. The number of aromatic nitrogens is 1. The van der Waals surface area contributed by atoms with Gasteiger partial charge < -0.3 is 11.1 Å². The number of amides is 1. The van der Waals surface area contributed by atoms with Crippen molar-refractivity contribution in [2.24, 2.45) is 11.7 Å². The Morgan fingerprint density at radius 3 is 2.62 bits per heavy atom. The molecule has 116 valence electrons. The molecule has 8 nitrogen and oxygen atoms in total. The van der Waals surface area contributed by atoms with E-state index >= 15 is 0 Å². The van der Waals surface area contributed by atoms with Gasteiger partial charge >= 0.3 is 0 Å². The van der Waals surface area contributed by atoms with Crippen LogP contribution in [-0.4, -0.2) is 27.5 Å². The summed E-state index contributed by atoms with van der Waals surface area (Å²) in [6, 6.07) is 2.17. The lowest BCUT2D eigenvalue weighted by molar-refractivity contribution is -0.385. The molecule has 0 aliphatic carbocycles. The summed E-state index contributed by atoms with van der Waals surface area (Å²) in [6.45, 7) is 5.62. The van der Waals surface area contributed by atoms with Gasteiger partial charge in [-0.25, -0.2) is 0 Å². The number of nitrogens with two attached hydrogens (primary N) is 1. The van der Waals surface area contributed by atoms with Crippen LogP contribution >= 0.6 is 0 Å². The van der Waals surface area contributed by atoms with Crippen molar-refractivity contribution in [3.63, 3.8) is 0 Å². The highest BCUT2D eigenvalue weighted by molar-refractivity contribution is 5.76. The van der Waals surface area contributed by atoms with Crippen LogP contribution in [-0.2, 0) is 11.3 Å². The summed E-state index contributed by atoms with van der Waals surface area (Å²) in [7, 11) is 0. The van der Waals surface area contributed by atoms with Crippen molar-refractivity contribution in [2.45, 2.75) is 32.9 Å². The summed E-state index contributed by atoms with van der Waals surface area (Å²) in [5, 5.41) is 13.5. The molecule has 1 aromatic heterocycles. The minimum Gasteiger partial charge on any atom is -0.348 e. The summed E-state index contributed by atoms with van der Waals surface area (Å²) >= 11 is 0. The summed E-state index contributed by atoms with van der Waals surface area (Å²) in [5.41, 5.74) is 4.36. The molecule has 1 unspecified atom stereocenters. The fourth-order valence-corrected chi connectivity index (χ4v) is 1.69. The molecule has 0 aromatic carbocycles. The molecule has 3 N–H and O–H groups in total. The molecule has 0 aliphatic rings. The van der Waals surface area contributed by atoms with Crippen LogP contribution in [0, 0.1) is 16.0 Å². The number of nitro groups is 1. The van der Waals surface area contributed by atoms with E-state index in [9.17, 15) is 19.7 Å². The first-order valence-corrected chi connectivity index (χ1v) is 6.55. The van der Waals surface area contributed by atoms with Gasteiger partial charge in [0.05, 0.1) is 16.7 Å².